The number of carbonyl (C=O) groups excluding carboxylic acids is 1. The van der Waals surface area contributed by atoms with Crippen LogP contribution < -0.4 is 11.3 Å². The minimum Gasteiger partial charge on any atom is -0.481 e. The quantitative estimate of drug-likeness (QED) is 0.344. The third-order valence-corrected chi connectivity index (χ3v) is 1.17. The topological polar surface area (TPSA) is 92.4 Å². The van der Waals surface area contributed by atoms with Crippen molar-refractivity contribution in [2.45, 2.75) is 6.92 Å². The molecule has 0 heterocycles. The first-order chi connectivity index (χ1) is 6.57. The molecule has 0 aliphatic rings. The lowest BCUT2D eigenvalue weighted by Gasteiger charge is -1.95. The Hall–Kier alpha value is -1.88. The summed E-state index contributed by atoms with van der Waals surface area (Å²) in [6.45, 7) is 1.08. The number of nitrogens with one attached hydrogen (secondary N) is 1. The average molecular weight is 196 g/mol. The minimum absolute atomic E-state index is 0.263. The van der Waals surface area contributed by atoms with Crippen molar-refractivity contribution in [2.75, 3.05) is 0 Å². The molecule has 0 atom stereocenters. The Morgan fingerprint density at radius 3 is 2.07 bits per heavy atom. The highest BCUT2D eigenvalue weighted by molar-refractivity contribution is 5.93. The number of nitrogen functional groups attached to an aromatic ring is 1. The summed E-state index contributed by atoms with van der Waals surface area (Å²) in [4.78, 5) is 19.8. The number of aliphatic carboxylic acids is 1. The van der Waals surface area contributed by atoms with Crippen LogP contribution in [0.15, 0.2) is 30.3 Å². The van der Waals surface area contributed by atoms with Crippen molar-refractivity contribution >= 4 is 11.9 Å². The van der Waals surface area contributed by atoms with Crippen LogP contribution in [-0.4, -0.2) is 17.0 Å². The van der Waals surface area contributed by atoms with E-state index < -0.39 is 5.97 Å². The Bertz CT molecular complexity index is 294. The van der Waals surface area contributed by atoms with E-state index in [4.69, 9.17) is 15.7 Å². The molecule has 0 bridgehead atoms. The zero-order chi connectivity index (χ0) is 11.0. The second-order valence-electron chi connectivity index (χ2n) is 2.36. The SMILES string of the molecule is CC(=O)O.NNC(=O)c1ccccc1. The summed E-state index contributed by atoms with van der Waals surface area (Å²) in [6, 6.07) is 8.80. The van der Waals surface area contributed by atoms with Crippen molar-refractivity contribution in [3.05, 3.63) is 35.9 Å². The molecule has 0 unspecified atom stereocenters. The van der Waals surface area contributed by atoms with Crippen molar-refractivity contribution in [1.82, 2.24) is 5.43 Å². The van der Waals surface area contributed by atoms with Gasteiger partial charge in [-0.2, -0.15) is 0 Å². The lowest BCUT2D eigenvalue weighted by molar-refractivity contribution is -0.134. The van der Waals surface area contributed by atoms with E-state index in [1.165, 1.54) is 0 Å². The highest BCUT2D eigenvalue weighted by Gasteiger charge is 1.98. The van der Waals surface area contributed by atoms with Gasteiger partial charge in [-0.05, 0) is 12.1 Å². The maximum absolute atomic E-state index is 10.8. The molecular formula is C9H12N2O3. The maximum Gasteiger partial charge on any atom is 0.300 e. The number of hydrazine groups is 1. The predicted molar refractivity (Wildman–Crippen MR) is 51.4 cm³/mol. The number of nitrogens with two attached hydrogens (primary N) is 1. The van der Waals surface area contributed by atoms with E-state index in [1.54, 1.807) is 24.3 Å². The van der Waals surface area contributed by atoms with Crippen LogP contribution >= 0.6 is 0 Å². The Morgan fingerprint density at radius 2 is 1.71 bits per heavy atom. The molecule has 0 fully saturated rings. The monoisotopic (exact) mass is 196 g/mol. The second-order valence-corrected chi connectivity index (χ2v) is 2.36. The van der Waals surface area contributed by atoms with Crippen molar-refractivity contribution in [2.24, 2.45) is 5.84 Å². The van der Waals surface area contributed by atoms with Gasteiger partial charge >= 0.3 is 0 Å². The second kappa shape index (κ2) is 6.62. The lowest BCUT2D eigenvalue weighted by atomic mass is 10.2. The average Bonchev–Trinajstić information content (AvgIpc) is 2.17. The van der Waals surface area contributed by atoms with Crippen LogP contribution in [0.2, 0.25) is 0 Å². The number of carbonyl (C=O) groups is 2. The first-order valence-corrected chi connectivity index (χ1v) is 3.83. The van der Waals surface area contributed by atoms with Crippen LogP contribution in [0.25, 0.3) is 0 Å². The smallest absolute Gasteiger partial charge is 0.300 e. The van der Waals surface area contributed by atoms with Gasteiger partial charge in [0, 0.05) is 12.5 Å². The van der Waals surface area contributed by atoms with Crippen LogP contribution in [0.1, 0.15) is 17.3 Å². The molecule has 1 aromatic carbocycles. The first kappa shape index (κ1) is 12.1. The predicted octanol–water partition coefficient (Wildman–Crippen LogP) is 0.381. The Balaban J connectivity index is 0.000000364. The van der Waals surface area contributed by atoms with Crippen LogP contribution in [0.5, 0.6) is 0 Å². The molecule has 4 N–H and O–H groups in total. The summed E-state index contributed by atoms with van der Waals surface area (Å²) in [5, 5.41) is 7.42. The number of rotatable bonds is 1. The fraction of sp³-hybridized carbons (Fsp3) is 0.111. The van der Waals surface area contributed by atoms with Crippen molar-refractivity contribution in [1.29, 1.82) is 0 Å². The third kappa shape index (κ3) is 5.73. The first-order valence-electron chi connectivity index (χ1n) is 3.83. The summed E-state index contributed by atoms with van der Waals surface area (Å²) < 4.78 is 0. The lowest BCUT2D eigenvalue weighted by Crippen LogP contribution is -2.29. The Morgan fingerprint density at radius 1 is 1.29 bits per heavy atom. The molecule has 5 nitrogen and oxygen atoms in total. The number of hydrogen-bond acceptors (Lipinski definition) is 3. The van der Waals surface area contributed by atoms with E-state index in [9.17, 15) is 4.79 Å². The zero-order valence-corrected chi connectivity index (χ0v) is 7.73. The van der Waals surface area contributed by atoms with E-state index in [0.29, 0.717) is 5.56 Å². The highest BCUT2D eigenvalue weighted by Crippen LogP contribution is 1.95. The highest BCUT2D eigenvalue weighted by atomic mass is 16.4. The van der Waals surface area contributed by atoms with Gasteiger partial charge in [0.15, 0.2) is 0 Å². The van der Waals surface area contributed by atoms with Crippen LogP contribution in [0, 0.1) is 0 Å². The van der Waals surface area contributed by atoms with Gasteiger partial charge in [-0.25, -0.2) is 5.84 Å². The van der Waals surface area contributed by atoms with Crippen molar-refractivity contribution in [3.8, 4) is 0 Å². The molecule has 0 aromatic heterocycles. The molecule has 0 saturated carbocycles. The molecule has 0 aliphatic heterocycles. The molecule has 76 valence electrons. The number of carboxylic acid groups (broad SMARTS) is 1. The van der Waals surface area contributed by atoms with E-state index in [0.717, 1.165) is 6.92 Å². The summed E-state index contributed by atoms with van der Waals surface area (Å²) >= 11 is 0. The minimum atomic E-state index is -0.833. The molecule has 0 radical (unpaired) electrons. The molecule has 1 rings (SSSR count). The van der Waals surface area contributed by atoms with Crippen molar-refractivity contribution < 1.29 is 14.7 Å². The van der Waals surface area contributed by atoms with Gasteiger partial charge in [0.1, 0.15) is 0 Å². The van der Waals surface area contributed by atoms with Crippen LogP contribution in [0.4, 0.5) is 0 Å². The van der Waals surface area contributed by atoms with Gasteiger partial charge < -0.3 is 5.11 Å². The van der Waals surface area contributed by atoms with Gasteiger partial charge in [0.05, 0.1) is 0 Å². The van der Waals surface area contributed by atoms with Gasteiger partial charge in [0.25, 0.3) is 11.9 Å². The number of amides is 1. The zero-order valence-electron chi connectivity index (χ0n) is 7.73. The normalized spacial score (nSPS) is 8.14. The molecule has 14 heavy (non-hydrogen) atoms. The molecule has 0 aliphatic carbocycles. The fourth-order valence-corrected chi connectivity index (χ4v) is 0.673. The van der Waals surface area contributed by atoms with Crippen LogP contribution in [-0.2, 0) is 4.79 Å². The fourth-order valence-electron chi connectivity index (χ4n) is 0.673. The summed E-state index contributed by atoms with van der Waals surface area (Å²) in [5.41, 5.74) is 2.62. The number of benzene rings is 1. The number of hydrogen-bond donors (Lipinski definition) is 3. The molecule has 0 spiro atoms. The molecule has 1 aromatic rings. The molecule has 5 heteroatoms. The van der Waals surface area contributed by atoms with E-state index in [1.807, 2.05) is 11.5 Å². The standard InChI is InChI=1S/C7H8N2O.C2H4O2/c8-9-7(10)6-4-2-1-3-5-6;1-2(3)4/h1-5H,8H2,(H,9,10);1H3,(H,3,4). The van der Waals surface area contributed by atoms with Crippen molar-refractivity contribution in [3.63, 3.8) is 0 Å². The van der Waals surface area contributed by atoms with Crippen LogP contribution in [0.3, 0.4) is 0 Å². The van der Waals surface area contributed by atoms with Gasteiger partial charge in [-0.15, -0.1) is 0 Å². The van der Waals surface area contributed by atoms with E-state index >= 15 is 0 Å². The Kier molecular flexibility index (Phi) is 5.73. The third-order valence-electron chi connectivity index (χ3n) is 1.17. The molecule has 0 saturated heterocycles. The Labute approximate surface area is 81.5 Å². The van der Waals surface area contributed by atoms with E-state index in [2.05, 4.69) is 0 Å². The summed E-state index contributed by atoms with van der Waals surface area (Å²) in [6.07, 6.45) is 0. The van der Waals surface area contributed by atoms with Gasteiger partial charge in [-0.3, -0.25) is 15.0 Å². The summed E-state index contributed by atoms with van der Waals surface area (Å²) in [5.74, 6) is 3.81. The number of carboxylic acids is 1. The molecule has 1 amide bonds. The van der Waals surface area contributed by atoms with E-state index in [-0.39, 0.29) is 5.91 Å². The summed E-state index contributed by atoms with van der Waals surface area (Å²) in [7, 11) is 0. The van der Waals surface area contributed by atoms with Gasteiger partial charge in [0.2, 0.25) is 0 Å². The largest absolute Gasteiger partial charge is 0.481 e. The maximum atomic E-state index is 10.8. The van der Waals surface area contributed by atoms with Gasteiger partial charge in [-0.1, -0.05) is 18.2 Å². The molecular weight excluding hydrogens is 184 g/mol.